The summed E-state index contributed by atoms with van der Waals surface area (Å²) in [5.74, 6) is -0.335. The molecule has 3 nitrogen and oxygen atoms in total. The van der Waals surface area contributed by atoms with Gasteiger partial charge in [-0.15, -0.1) is 0 Å². The van der Waals surface area contributed by atoms with Gasteiger partial charge in [0.05, 0.1) is 16.9 Å². The molecule has 0 saturated carbocycles. The van der Waals surface area contributed by atoms with Crippen LogP contribution >= 0.6 is 11.6 Å². The minimum Gasteiger partial charge on any atom is -0.298 e. The minimum absolute atomic E-state index is 0.242. The van der Waals surface area contributed by atoms with E-state index in [-0.39, 0.29) is 16.4 Å². The average molecular weight is 281 g/mol. The normalized spacial score (nSPS) is 11.6. The first kappa shape index (κ1) is 13.7. The lowest BCUT2D eigenvalue weighted by Crippen LogP contribution is -2.14. The molecule has 19 heavy (non-hydrogen) atoms. The zero-order chi connectivity index (χ0) is 14.2. The number of carbonyl (C=O) groups excluding carboxylic acids is 1. The van der Waals surface area contributed by atoms with Gasteiger partial charge < -0.3 is 0 Å². The lowest BCUT2D eigenvalue weighted by atomic mass is 9.90. The maximum Gasteiger partial charge on any atom is 0.155 e. The molecule has 2 aromatic rings. The highest BCUT2D eigenvalue weighted by Crippen LogP contribution is 2.30. The van der Waals surface area contributed by atoms with Crippen LogP contribution in [0.25, 0.3) is 5.69 Å². The maximum absolute atomic E-state index is 12.9. The second-order valence-electron chi connectivity index (χ2n) is 5.31. The lowest BCUT2D eigenvalue weighted by Gasteiger charge is -2.15. The summed E-state index contributed by atoms with van der Waals surface area (Å²) in [7, 11) is 0. The van der Waals surface area contributed by atoms with Crippen molar-refractivity contribution in [1.82, 2.24) is 9.78 Å². The van der Waals surface area contributed by atoms with Crippen LogP contribution in [0.2, 0.25) is 5.15 Å². The number of rotatable bonds is 2. The lowest BCUT2D eigenvalue weighted by molar-refractivity contribution is 0.112. The van der Waals surface area contributed by atoms with Crippen LogP contribution in [0.3, 0.4) is 0 Å². The number of benzene rings is 1. The molecule has 5 heteroatoms. The van der Waals surface area contributed by atoms with Gasteiger partial charge in [0, 0.05) is 5.41 Å². The number of carbonyl (C=O) groups is 1. The van der Waals surface area contributed by atoms with Gasteiger partial charge in [0.1, 0.15) is 11.0 Å². The third-order valence-electron chi connectivity index (χ3n) is 2.76. The van der Waals surface area contributed by atoms with Crippen LogP contribution in [0.1, 0.15) is 36.8 Å². The maximum atomic E-state index is 12.9. The zero-order valence-corrected chi connectivity index (χ0v) is 11.7. The van der Waals surface area contributed by atoms with Gasteiger partial charge in [-0.3, -0.25) is 4.79 Å². The molecule has 1 aromatic carbocycles. The Morgan fingerprint density at radius 3 is 2.26 bits per heavy atom. The van der Waals surface area contributed by atoms with Gasteiger partial charge in [0.25, 0.3) is 0 Å². The summed E-state index contributed by atoms with van der Waals surface area (Å²) < 4.78 is 14.4. The number of hydrogen-bond acceptors (Lipinski definition) is 2. The van der Waals surface area contributed by atoms with Crippen LogP contribution < -0.4 is 0 Å². The molecule has 0 amide bonds. The summed E-state index contributed by atoms with van der Waals surface area (Å²) in [5.41, 5.74) is 1.31. The molecule has 100 valence electrons. The fraction of sp³-hybridized carbons (Fsp3) is 0.286. The van der Waals surface area contributed by atoms with E-state index in [9.17, 15) is 9.18 Å². The molecule has 1 aromatic heterocycles. The molecular weight excluding hydrogens is 267 g/mol. The molecule has 0 bridgehead atoms. The highest BCUT2D eigenvalue weighted by atomic mass is 35.5. The van der Waals surface area contributed by atoms with Crippen molar-refractivity contribution in [3.05, 3.63) is 46.5 Å². The Morgan fingerprint density at radius 2 is 1.84 bits per heavy atom. The standard InChI is InChI=1S/C14H14ClFN2O/c1-14(2,3)12-11(8-19)13(15)18(17-12)10-6-4-9(16)5-7-10/h4-8H,1-3H3. The van der Waals surface area contributed by atoms with Crippen molar-refractivity contribution >= 4 is 17.9 Å². The fourth-order valence-corrected chi connectivity index (χ4v) is 2.09. The second-order valence-corrected chi connectivity index (χ2v) is 5.67. The summed E-state index contributed by atoms with van der Waals surface area (Å²) in [6, 6.07) is 5.78. The van der Waals surface area contributed by atoms with E-state index in [4.69, 9.17) is 11.6 Å². The number of aromatic nitrogens is 2. The summed E-state index contributed by atoms with van der Waals surface area (Å²) >= 11 is 6.19. The van der Waals surface area contributed by atoms with Gasteiger partial charge >= 0.3 is 0 Å². The van der Waals surface area contributed by atoms with Crippen LogP contribution in [0, 0.1) is 5.82 Å². The molecule has 0 radical (unpaired) electrons. The molecule has 0 spiro atoms. The average Bonchev–Trinajstić information content (AvgIpc) is 2.67. The van der Waals surface area contributed by atoms with E-state index in [0.717, 1.165) is 0 Å². The Balaban J connectivity index is 2.63. The van der Waals surface area contributed by atoms with Crippen LogP contribution in [0.15, 0.2) is 24.3 Å². The Kier molecular flexibility index (Phi) is 3.45. The summed E-state index contributed by atoms with van der Waals surface area (Å²) in [6.07, 6.45) is 0.704. The summed E-state index contributed by atoms with van der Waals surface area (Å²) in [6.45, 7) is 5.86. The van der Waals surface area contributed by atoms with Crippen molar-refractivity contribution in [2.75, 3.05) is 0 Å². The first-order chi connectivity index (χ1) is 8.84. The van der Waals surface area contributed by atoms with E-state index >= 15 is 0 Å². The molecule has 0 aliphatic heterocycles. The Morgan fingerprint density at radius 1 is 1.26 bits per heavy atom. The Bertz CT molecular complexity index is 612. The van der Waals surface area contributed by atoms with E-state index in [1.54, 1.807) is 12.1 Å². The molecule has 2 rings (SSSR count). The van der Waals surface area contributed by atoms with E-state index < -0.39 is 0 Å². The second kappa shape index (κ2) is 4.78. The Hall–Kier alpha value is -1.68. The van der Waals surface area contributed by atoms with Crippen molar-refractivity contribution in [2.45, 2.75) is 26.2 Å². The smallest absolute Gasteiger partial charge is 0.155 e. The quantitative estimate of drug-likeness (QED) is 0.785. The van der Waals surface area contributed by atoms with Crippen molar-refractivity contribution in [3.63, 3.8) is 0 Å². The van der Waals surface area contributed by atoms with E-state index in [2.05, 4.69) is 5.10 Å². The Labute approximate surface area is 116 Å². The first-order valence-corrected chi connectivity index (χ1v) is 6.22. The highest BCUT2D eigenvalue weighted by Gasteiger charge is 2.26. The first-order valence-electron chi connectivity index (χ1n) is 5.84. The SMILES string of the molecule is CC(C)(C)c1nn(-c2ccc(F)cc2)c(Cl)c1C=O. The van der Waals surface area contributed by atoms with Gasteiger partial charge in [0.15, 0.2) is 6.29 Å². The third kappa shape index (κ3) is 2.54. The number of hydrogen-bond donors (Lipinski definition) is 0. The van der Waals surface area contributed by atoms with Crippen LogP contribution in [0.4, 0.5) is 4.39 Å². The summed E-state index contributed by atoms with van der Waals surface area (Å²) in [5, 5.41) is 4.62. The molecule has 0 atom stereocenters. The van der Waals surface area contributed by atoms with E-state index in [1.165, 1.54) is 16.8 Å². The van der Waals surface area contributed by atoms with Crippen LogP contribution in [-0.4, -0.2) is 16.1 Å². The van der Waals surface area contributed by atoms with E-state index in [0.29, 0.717) is 23.2 Å². The number of nitrogens with zero attached hydrogens (tertiary/aromatic N) is 2. The minimum atomic E-state index is -0.335. The highest BCUT2D eigenvalue weighted by molar-refractivity contribution is 6.32. The molecule has 0 saturated heterocycles. The largest absolute Gasteiger partial charge is 0.298 e. The topological polar surface area (TPSA) is 34.9 Å². The molecular formula is C14H14ClFN2O. The van der Waals surface area contributed by atoms with Crippen LogP contribution in [-0.2, 0) is 5.41 Å². The van der Waals surface area contributed by atoms with Gasteiger partial charge in [0.2, 0.25) is 0 Å². The fourth-order valence-electron chi connectivity index (χ4n) is 1.82. The monoisotopic (exact) mass is 280 g/mol. The van der Waals surface area contributed by atoms with Crippen LogP contribution in [0.5, 0.6) is 0 Å². The van der Waals surface area contributed by atoms with Gasteiger partial charge in [-0.2, -0.15) is 5.10 Å². The number of halogens is 2. The third-order valence-corrected chi connectivity index (χ3v) is 3.13. The van der Waals surface area contributed by atoms with Crippen molar-refractivity contribution < 1.29 is 9.18 Å². The summed E-state index contributed by atoms with van der Waals surface area (Å²) in [4.78, 5) is 11.2. The van der Waals surface area contributed by atoms with Gasteiger partial charge in [-0.1, -0.05) is 32.4 Å². The predicted molar refractivity (Wildman–Crippen MR) is 72.6 cm³/mol. The molecule has 0 N–H and O–H groups in total. The van der Waals surface area contributed by atoms with Crippen molar-refractivity contribution in [1.29, 1.82) is 0 Å². The molecule has 0 aliphatic rings. The predicted octanol–water partition coefficient (Wildman–Crippen LogP) is 3.77. The number of aldehydes is 1. The van der Waals surface area contributed by atoms with Crippen molar-refractivity contribution in [2.24, 2.45) is 0 Å². The van der Waals surface area contributed by atoms with Gasteiger partial charge in [-0.05, 0) is 24.3 Å². The molecule has 0 unspecified atom stereocenters. The molecule has 0 aliphatic carbocycles. The van der Waals surface area contributed by atoms with Gasteiger partial charge in [-0.25, -0.2) is 9.07 Å². The van der Waals surface area contributed by atoms with E-state index in [1.807, 2.05) is 20.8 Å². The zero-order valence-electron chi connectivity index (χ0n) is 10.9. The van der Waals surface area contributed by atoms with Crippen molar-refractivity contribution in [3.8, 4) is 5.69 Å². The molecule has 1 heterocycles. The molecule has 0 fully saturated rings.